The molecule has 0 radical (unpaired) electrons. The summed E-state index contributed by atoms with van der Waals surface area (Å²) in [5.74, 6) is -0.0365. The zero-order chi connectivity index (χ0) is 19.9. The van der Waals surface area contributed by atoms with E-state index in [1.807, 2.05) is 30.3 Å². The molecular weight excluding hydrogens is 358 g/mol. The highest BCUT2D eigenvalue weighted by Crippen LogP contribution is 2.21. The minimum Gasteiger partial charge on any atom is -0.465 e. The number of rotatable bonds is 6. The van der Waals surface area contributed by atoms with E-state index in [1.54, 1.807) is 31.3 Å². The fraction of sp³-hybridized carbons (Fsp3) is 0.100. The molecule has 0 spiro atoms. The average Bonchev–Trinajstić information content (AvgIpc) is 2.74. The first-order valence-electron chi connectivity index (χ1n) is 8.47. The average molecular weight is 377 g/mol. The monoisotopic (exact) mass is 377 g/mol. The number of hydrogen-bond donors (Lipinski definition) is 3. The van der Waals surface area contributed by atoms with Gasteiger partial charge in [0.1, 0.15) is 11.4 Å². The second kappa shape index (κ2) is 8.63. The van der Waals surface area contributed by atoms with Gasteiger partial charge >= 0.3 is 5.97 Å². The van der Waals surface area contributed by atoms with E-state index in [0.29, 0.717) is 28.6 Å². The van der Waals surface area contributed by atoms with E-state index >= 15 is 0 Å². The van der Waals surface area contributed by atoms with E-state index in [-0.39, 0.29) is 5.91 Å². The summed E-state index contributed by atoms with van der Waals surface area (Å²) in [7, 11) is 2.88. The van der Waals surface area contributed by atoms with Crippen LogP contribution in [0.1, 0.15) is 20.7 Å². The van der Waals surface area contributed by atoms with Crippen molar-refractivity contribution in [2.75, 3.05) is 24.8 Å². The molecule has 0 atom stereocenters. The summed E-state index contributed by atoms with van der Waals surface area (Å²) in [4.78, 5) is 32.3. The Morgan fingerprint density at radius 2 is 1.61 bits per heavy atom. The highest BCUT2D eigenvalue weighted by atomic mass is 16.5. The lowest BCUT2D eigenvalue weighted by Crippen LogP contribution is -2.20. The first-order chi connectivity index (χ1) is 13.6. The molecule has 3 aromatic rings. The Morgan fingerprint density at radius 3 is 2.25 bits per heavy atom. The van der Waals surface area contributed by atoms with Crippen molar-refractivity contribution >= 4 is 35.0 Å². The maximum atomic E-state index is 12.1. The molecule has 0 aliphatic rings. The molecule has 3 rings (SSSR count). The van der Waals surface area contributed by atoms with Gasteiger partial charge < -0.3 is 20.7 Å². The van der Waals surface area contributed by atoms with E-state index in [4.69, 9.17) is 0 Å². The summed E-state index contributed by atoms with van der Waals surface area (Å²) in [6.45, 7) is 0. The second-order valence-corrected chi connectivity index (χ2v) is 5.72. The number of methoxy groups -OCH3 is 1. The van der Waals surface area contributed by atoms with Gasteiger partial charge in [-0.2, -0.15) is 4.98 Å². The minimum atomic E-state index is -0.410. The molecule has 0 saturated heterocycles. The molecule has 1 heterocycles. The van der Waals surface area contributed by atoms with Crippen molar-refractivity contribution in [3.05, 3.63) is 71.9 Å². The Balaban J connectivity index is 1.86. The number of nitrogens with zero attached hydrogens (tertiary/aromatic N) is 2. The molecule has 0 aliphatic heterocycles. The molecule has 3 N–H and O–H groups in total. The van der Waals surface area contributed by atoms with Gasteiger partial charge in [-0.3, -0.25) is 4.79 Å². The van der Waals surface area contributed by atoms with E-state index in [1.165, 1.54) is 13.3 Å². The highest BCUT2D eigenvalue weighted by molar-refractivity contribution is 5.99. The Bertz CT molecular complexity index is 975. The van der Waals surface area contributed by atoms with Gasteiger partial charge in [-0.15, -0.1) is 0 Å². The van der Waals surface area contributed by atoms with Crippen LogP contribution in [0.5, 0.6) is 0 Å². The van der Waals surface area contributed by atoms with Gasteiger partial charge in [0.2, 0.25) is 5.95 Å². The van der Waals surface area contributed by atoms with Gasteiger partial charge in [0.05, 0.1) is 12.7 Å². The number of esters is 1. The van der Waals surface area contributed by atoms with Gasteiger partial charge in [0, 0.05) is 24.6 Å². The van der Waals surface area contributed by atoms with Crippen molar-refractivity contribution in [3.8, 4) is 0 Å². The van der Waals surface area contributed by atoms with Crippen molar-refractivity contribution in [2.45, 2.75) is 0 Å². The number of aromatic nitrogens is 2. The molecule has 0 saturated carbocycles. The molecule has 0 unspecified atom stereocenters. The summed E-state index contributed by atoms with van der Waals surface area (Å²) in [6, 6.07) is 16.1. The number of para-hydroxylation sites is 1. The van der Waals surface area contributed by atoms with Crippen molar-refractivity contribution in [2.24, 2.45) is 0 Å². The lowest BCUT2D eigenvalue weighted by molar-refractivity contribution is 0.0600. The van der Waals surface area contributed by atoms with E-state index in [2.05, 4.69) is 30.7 Å². The molecule has 0 bridgehead atoms. The Kier molecular flexibility index (Phi) is 5.81. The zero-order valence-corrected chi connectivity index (χ0v) is 15.4. The highest BCUT2D eigenvalue weighted by Gasteiger charge is 2.14. The van der Waals surface area contributed by atoms with Crippen molar-refractivity contribution in [1.29, 1.82) is 0 Å². The van der Waals surface area contributed by atoms with Gasteiger partial charge in [0.15, 0.2) is 0 Å². The normalized spacial score (nSPS) is 10.1. The second-order valence-electron chi connectivity index (χ2n) is 5.72. The smallest absolute Gasteiger partial charge is 0.337 e. The van der Waals surface area contributed by atoms with Crippen LogP contribution in [0, 0.1) is 0 Å². The third kappa shape index (κ3) is 4.42. The maximum absolute atomic E-state index is 12.1. The van der Waals surface area contributed by atoms with Crippen LogP contribution in [0.2, 0.25) is 0 Å². The van der Waals surface area contributed by atoms with Crippen molar-refractivity contribution in [3.63, 3.8) is 0 Å². The number of amides is 1. The molecule has 1 amide bonds. The van der Waals surface area contributed by atoms with Crippen LogP contribution in [-0.4, -0.2) is 36.0 Å². The topological polar surface area (TPSA) is 105 Å². The van der Waals surface area contributed by atoms with Crippen LogP contribution in [-0.2, 0) is 4.74 Å². The molecule has 8 heteroatoms. The lowest BCUT2D eigenvalue weighted by atomic mass is 10.2. The van der Waals surface area contributed by atoms with Crippen LogP contribution in [0.4, 0.5) is 23.1 Å². The molecule has 28 heavy (non-hydrogen) atoms. The van der Waals surface area contributed by atoms with Crippen LogP contribution >= 0.6 is 0 Å². The molecule has 0 fully saturated rings. The number of anilines is 4. The fourth-order valence-electron chi connectivity index (χ4n) is 2.43. The van der Waals surface area contributed by atoms with Gasteiger partial charge in [-0.25, -0.2) is 9.78 Å². The van der Waals surface area contributed by atoms with Gasteiger partial charge in [-0.1, -0.05) is 18.2 Å². The number of hydrogen-bond acceptors (Lipinski definition) is 7. The quantitative estimate of drug-likeness (QED) is 0.567. The number of benzene rings is 2. The number of carbonyl (C=O) groups is 2. The van der Waals surface area contributed by atoms with E-state index in [9.17, 15) is 9.59 Å². The minimum absolute atomic E-state index is 0.299. The standard InChI is InChI=1S/C20H19N5O3/c1-21-18(26)16-12-22-20(25-17(16)23-14-6-4-3-5-7-14)24-15-10-8-13(9-11-15)19(27)28-2/h3-12H,1-2H3,(H,21,26)(H2,22,23,24,25). The van der Waals surface area contributed by atoms with Gasteiger partial charge in [-0.05, 0) is 36.4 Å². The molecule has 2 aromatic carbocycles. The number of carbonyl (C=O) groups excluding carboxylic acids is 2. The fourth-order valence-corrected chi connectivity index (χ4v) is 2.43. The van der Waals surface area contributed by atoms with Crippen LogP contribution in [0.25, 0.3) is 0 Å². The van der Waals surface area contributed by atoms with Crippen molar-refractivity contribution < 1.29 is 14.3 Å². The van der Waals surface area contributed by atoms with Crippen LogP contribution in [0.3, 0.4) is 0 Å². The molecular formula is C20H19N5O3. The predicted molar refractivity (Wildman–Crippen MR) is 106 cm³/mol. The summed E-state index contributed by atoms with van der Waals surface area (Å²) in [6.07, 6.45) is 1.45. The summed E-state index contributed by atoms with van der Waals surface area (Å²) < 4.78 is 4.68. The predicted octanol–water partition coefficient (Wildman–Crippen LogP) is 3.11. The SMILES string of the molecule is CNC(=O)c1cnc(Nc2ccc(C(=O)OC)cc2)nc1Nc1ccccc1. The summed E-state index contributed by atoms with van der Waals surface area (Å²) >= 11 is 0. The lowest BCUT2D eigenvalue weighted by Gasteiger charge is -2.12. The maximum Gasteiger partial charge on any atom is 0.337 e. The Labute approximate surface area is 162 Å². The third-order valence-electron chi connectivity index (χ3n) is 3.86. The third-order valence-corrected chi connectivity index (χ3v) is 3.86. The number of ether oxygens (including phenoxy) is 1. The van der Waals surface area contributed by atoms with E-state index < -0.39 is 5.97 Å². The Morgan fingerprint density at radius 1 is 0.929 bits per heavy atom. The largest absolute Gasteiger partial charge is 0.465 e. The number of nitrogens with one attached hydrogen (secondary N) is 3. The van der Waals surface area contributed by atoms with Crippen LogP contribution < -0.4 is 16.0 Å². The Hall–Kier alpha value is -3.94. The molecule has 1 aromatic heterocycles. The summed E-state index contributed by atoms with van der Waals surface area (Å²) in [5, 5.41) is 8.76. The summed E-state index contributed by atoms with van der Waals surface area (Å²) in [5.41, 5.74) is 2.24. The zero-order valence-electron chi connectivity index (χ0n) is 15.4. The first kappa shape index (κ1) is 18.8. The van der Waals surface area contributed by atoms with Gasteiger partial charge in [0.25, 0.3) is 5.91 Å². The molecule has 0 aliphatic carbocycles. The first-order valence-corrected chi connectivity index (χ1v) is 8.47. The van der Waals surface area contributed by atoms with Crippen molar-refractivity contribution in [1.82, 2.24) is 15.3 Å². The van der Waals surface area contributed by atoms with E-state index in [0.717, 1.165) is 5.69 Å². The molecule has 142 valence electrons. The molecule has 8 nitrogen and oxygen atoms in total. The van der Waals surface area contributed by atoms with Crippen LogP contribution in [0.15, 0.2) is 60.8 Å².